The van der Waals surface area contributed by atoms with E-state index in [2.05, 4.69) is 0 Å². The molecule has 0 aliphatic carbocycles. The molecule has 0 radical (unpaired) electrons. The molecule has 3 heteroatoms. The van der Waals surface area contributed by atoms with E-state index in [0.29, 0.717) is 0 Å². The molecule has 0 rings (SSSR count). The summed E-state index contributed by atoms with van der Waals surface area (Å²) in [5.74, 6) is 0.952. The summed E-state index contributed by atoms with van der Waals surface area (Å²) in [6.07, 6.45) is 0.288. The smallest absolute Gasteiger partial charge is 0.0669 e. The van der Waals surface area contributed by atoms with Gasteiger partial charge in [-0.3, -0.25) is 0 Å². The predicted molar refractivity (Wildman–Crippen MR) is 41.5 cm³/mol. The third-order valence-electron chi connectivity index (χ3n) is 0.535. The SMILES string of the molecule is CCS(=S)OC(C)C. The molecule has 0 aromatic rings. The van der Waals surface area contributed by atoms with Crippen molar-refractivity contribution in [3.8, 4) is 0 Å². The fraction of sp³-hybridized carbons (Fsp3) is 1.00. The van der Waals surface area contributed by atoms with Gasteiger partial charge in [0, 0.05) is 15.5 Å². The van der Waals surface area contributed by atoms with Crippen molar-refractivity contribution < 1.29 is 4.18 Å². The Kier molecular flexibility index (Phi) is 4.71. The molecule has 0 saturated heterocycles. The third kappa shape index (κ3) is 4.68. The summed E-state index contributed by atoms with van der Waals surface area (Å²) in [6, 6.07) is 0. The summed E-state index contributed by atoms with van der Waals surface area (Å²) in [6.45, 7) is 6.04. The van der Waals surface area contributed by atoms with Gasteiger partial charge >= 0.3 is 0 Å². The zero-order valence-electron chi connectivity index (χ0n) is 5.51. The van der Waals surface area contributed by atoms with E-state index in [0.717, 1.165) is 5.75 Å². The van der Waals surface area contributed by atoms with Crippen molar-refractivity contribution in [3.05, 3.63) is 0 Å². The molecular formula is C5H12OS2. The molecule has 8 heavy (non-hydrogen) atoms. The minimum Gasteiger partial charge on any atom is -0.310 e. The molecule has 1 atom stereocenters. The maximum atomic E-state index is 5.24. The lowest BCUT2D eigenvalue weighted by atomic mass is 10.5. The zero-order chi connectivity index (χ0) is 6.57. The van der Waals surface area contributed by atoms with Crippen LogP contribution >= 0.6 is 0 Å². The zero-order valence-corrected chi connectivity index (χ0v) is 7.14. The summed E-state index contributed by atoms with van der Waals surface area (Å²) in [4.78, 5) is 0. The van der Waals surface area contributed by atoms with E-state index >= 15 is 0 Å². The van der Waals surface area contributed by atoms with Gasteiger partial charge in [0.1, 0.15) is 0 Å². The lowest BCUT2D eigenvalue weighted by Gasteiger charge is -2.05. The van der Waals surface area contributed by atoms with Crippen LogP contribution in [-0.2, 0) is 25.1 Å². The van der Waals surface area contributed by atoms with Crippen LogP contribution in [0.1, 0.15) is 20.8 Å². The van der Waals surface area contributed by atoms with Gasteiger partial charge in [-0.25, -0.2) is 0 Å². The average Bonchev–Trinajstić information content (AvgIpc) is 1.65. The summed E-state index contributed by atoms with van der Waals surface area (Å²) in [5, 5.41) is 0. The fourth-order valence-electron chi connectivity index (χ4n) is 0.283. The second-order valence-corrected chi connectivity index (χ2v) is 4.23. The van der Waals surface area contributed by atoms with Crippen molar-refractivity contribution in [2.24, 2.45) is 0 Å². The average molecular weight is 152 g/mol. The minimum atomic E-state index is -0.224. The van der Waals surface area contributed by atoms with Crippen LogP contribution in [0.2, 0.25) is 0 Å². The number of hydrogen-bond donors (Lipinski definition) is 0. The Bertz CT molecular complexity index is 80.5. The van der Waals surface area contributed by atoms with E-state index in [9.17, 15) is 0 Å². The molecule has 0 aromatic carbocycles. The molecule has 0 bridgehead atoms. The molecule has 1 nitrogen and oxygen atoms in total. The van der Waals surface area contributed by atoms with Crippen LogP contribution in [0.4, 0.5) is 0 Å². The largest absolute Gasteiger partial charge is 0.310 e. The highest BCUT2D eigenvalue weighted by atomic mass is 32.8. The third-order valence-corrected chi connectivity index (χ3v) is 2.55. The van der Waals surface area contributed by atoms with Gasteiger partial charge in [-0.05, 0) is 25.0 Å². The summed E-state index contributed by atoms with van der Waals surface area (Å²) < 4.78 is 5.24. The first-order chi connectivity index (χ1) is 3.66. The molecule has 0 aliphatic heterocycles. The van der Waals surface area contributed by atoms with Gasteiger partial charge < -0.3 is 4.18 Å². The van der Waals surface area contributed by atoms with E-state index in [1.54, 1.807) is 0 Å². The highest BCUT2D eigenvalue weighted by molar-refractivity contribution is 8.26. The van der Waals surface area contributed by atoms with Crippen molar-refractivity contribution in [3.63, 3.8) is 0 Å². The molecule has 0 spiro atoms. The molecule has 0 amide bonds. The van der Waals surface area contributed by atoms with E-state index in [1.165, 1.54) is 0 Å². The minimum absolute atomic E-state index is 0.224. The van der Waals surface area contributed by atoms with Crippen LogP contribution < -0.4 is 0 Å². The van der Waals surface area contributed by atoms with Crippen molar-refractivity contribution in [1.29, 1.82) is 0 Å². The quantitative estimate of drug-likeness (QED) is 0.605. The van der Waals surface area contributed by atoms with Crippen molar-refractivity contribution in [2.45, 2.75) is 26.9 Å². The van der Waals surface area contributed by atoms with Gasteiger partial charge in [0.2, 0.25) is 0 Å². The maximum absolute atomic E-state index is 5.24. The number of hydrogen-bond acceptors (Lipinski definition) is 2. The first-order valence-corrected chi connectivity index (χ1v) is 4.96. The predicted octanol–water partition coefficient (Wildman–Crippen LogP) is 1.43. The first kappa shape index (κ1) is 8.53. The topological polar surface area (TPSA) is 9.23 Å². The van der Waals surface area contributed by atoms with E-state index in [-0.39, 0.29) is 15.8 Å². The Labute approximate surface area is 58.2 Å². The summed E-state index contributed by atoms with van der Waals surface area (Å²) >= 11 is 4.92. The molecule has 50 valence electrons. The summed E-state index contributed by atoms with van der Waals surface area (Å²) in [7, 11) is -0.224. The Balaban J connectivity index is 3.25. The molecule has 1 unspecified atom stereocenters. The van der Waals surface area contributed by atoms with Crippen molar-refractivity contribution in [1.82, 2.24) is 0 Å². The second kappa shape index (κ2) is 4.41. The lowest BCUT2D eigenvalue weighted by molar-refractivity contribution is 0.285. The van der Waals surface area contributed by atoms with Crippen molar-refractivity contribution >= 4 is 20.9 Å². The van der Waals surface area contributed by atoms with Crippen LogP contribution in [0.3, 0.4) is 0 Å². The molecule has 0 saturated carbocycles. The van der Waals surface area contributed by atoms with Crippen LogP contribution in [0, 0.1) is 0 Å². The normalized spacial score (nSPS) is 14.5. The highest BCUT2D eigenvalue weighted by Crippen LogP contribution is 1.92. The Morgan fingerprint density at radius 1 is 1.62 bits per heavy atom. The van der Waals surface area contributed by atoms with Gasteiger partial charge in [-0.2, -0.15) is 0 Å². The van der Waals surface area contributed by atoms with Crippen LogP contribution in [-0.4, -0.2) is 11.9 Å². The van der Waals surface area contributed by atoms with Crippen LogP contribution in [0.15, 0.2) is 0 Å². The van der Waals surface area contributed by atoms with Gasteiger partial charge in [0.15, 0.2) is 0 Å². The Hall–Kier alpha value is 0.530. The standard InChI is InChI=1S/C5H12OS2/c1-4-8(7)6-5(2)3/h5H,4H2,1-3H3. The fourth-order valence-corrected chi connectivity index (χ4v) is 1.32. The monoisotopic (exact) mass is 152 g/mol. The molecule has 0 N–H and O–H groups in total. The molecule has 0 heterocycles. The maximum Gasteiger partial charge on any atom is 0.0669 e. The molecule has 0 aromatic heterocycles. The van der Waals surface area contributed by atoms with E-state index in [4.69, 9.17) is 15.4 Å². The Morgan fingerprint density at radius 2 is 2.12 bits per heavy atom. The van der Waals surface area contributed by atoms with Crippen molar-refractivity contribution in [2.75, 3.05) is 5.75 Å². The first-order valence-electron chi connectivity index (χ1n) is 2.72. The lowest BCUT2D eigenvalue weighted by Crippen LogP contribution is -2.05. The molecule has 0 aliphatic rings. The van der Waals surface area contributed by atoms with Gasteiger partial charge in [0.25, 0.3) is 0 Å². The van der Waals surface area contributed by atoms with Crippen LogP contribution in [0.25, 0.3) is 0 Å². The molecule has 0 fully saturated rings. The number of rotatable bonds is 3. The van der Waals surface area contributed by atoms with E-state index in [1.807, 2.05) is 20.8 Å². The van der Waals surface area contributed by atoms with Gasteiger partial charge in [-0.1, -0.05) is 6.92 Å². The highest BCUT2D eigenvalue weighted by Gasteiger charge is 1.93. The Morgan fingerprint density at radius 3 is 2.25 bits per heavy atom. The molecular weight excluding hydrogens is 140 g/mol. The second-order valence-electron chi connectivity index (χ2n) is 1.74. The van der Waals surface area contributed by atoms with Crippen LogP contribution in [0.5, 0.6) is 0 Å². The van der Waals surface area contributed by atoms with Gasteiger partial charge in [0.05, 0.1) is 6.10 Å². The summed E-state index contributed by atoms with van der Waals surface area (Å²) in [5.41, 5.74) is 0. The van der Waals surface area contributed by atoms with Gasteiger partial charge in [-0.15, -0.1) is 0 Å². The van der Waals surface area contributed by atoms with E-state index < -0.39 is 0 Å².